The Balaban J connectivity index is 2.48. The fourth-order valence-corrected chi connectivity index (χ4v) is 2.21. The van der Waals surface area contributed by atoms with Crippen molar-refractivity contribution in [1.29, 1.82) is 0 Å². The molecule has 1 aromatic carbocycles. The van der Waals surface area contributed by atoms with Crippen molar-refractivity contribution >= 4 is 21.9 Å². The number of hydrogen-bond donors (Lipinski definition) is 1. The second kappa shape index (κ2) is 4.81. The first-order chi connectivity index (χ1) is 8.52. The van der Waals surface area contributed by atoms with Crippen LogP contribution in [0.1, 0.15) is 10.5 Å². The van der Waals surface area contributed by atoms with Gasteiger partial charge < -0.3 is 9.84 Å². The summed E-state index contributed by atoms with van der Waals surface area (Å²) in [4.78, 5) is 10.9. The number of halogens is 1. The van der Waals surface area contributed by atoms with Gasteiger partial charge in [-0.2, -0.15) is 5.10 Å². The number of rotatable bonds is 3. The average Bonchev–Trinajstić information content (AvgIpc) is 2.71. The Labute approximate surface area is 112 Å². The van der Waals surface area contributed by atoms with Crippen molar-refractivity contribution in [1.82, 2.24) is 9.78 Å². The molecular weight excluding hydrogens is 300 g/mol. The molecule has 1 heterocycles. The summed E-state index contributed by atoms with van der Waals surface area (Å²) in [6, 6.07) is 7.07. The molecule has 18 heavy (non-hydrogen) atoms. The minimum atomic E-state index is -1.04. The molecule has 0 aliphatic rings. The van der Waals surface area contributed by atoms with E-state index < -0.39 is 5.97 Å². The van der Waals surface area contributed by atoms with Gasteiger partial charge in [0.05, 0.1) is 17.3 Å². The molecule has 0 aliphatic carbocycles. The zero-order chi connectivity index (χ0) is 13.3. The second-order valence-electron chi connectivity index (χ2n) is 3.69. The molecule has 0 amide bonds. The van der Waals surface area contributed by atoms with Gasteiger partial charge in [0.15, 0.2) is 5.69 Å². The number of nitrogens with zero attached hydrogens (tertiary/aromatic N) is 2. The zero-order valence-corrected chi connectivity index (χ0v) is 11.4. The molecule has 0 bridgehead atoms. The van der Waals surface area contributed by atoms with Gasteiger partial charge in [-0.15, -0.1) is 0 Å². The Bertz CT molecular complexity index is 607. The van der Waals surface area contributed by atoms with Gasteiger partial charge in [-0.1, -0.05) is 0 Å². The monoisotopic (exact) mass is 310 g/mol. The third-order valence-corrected chi connectivity index (χ3v) is 3.17. The Morgan fingerprint density at radius 3 is 2.67 bits per heavy atom. The normalized spacial score (nSPS) is 10.4. The highest BCUT2D eigenvalue weighted by Crippen LogP contribution is 2.30. The molecule has 6 heteroatoms. The van der Waals surface area contributed by atoms with Gasteiger partial charge in [0.2, 0.25) is 0 Å². The van der Waals surface area contributed by atoms with Gasteiger partial charge in [0.25, 0.3) is 0 Å². The van der Waals surface area contributed by atoms with E-state index in [4.69, 9.17) is 9.84 Å². The number of aromatic nitrogens is 2. The Hall–Kier alpha value is -1.82. The molecule has 0 fully saturated rings. The molecule has 94 valence electrons. The molecule has 1 N–H and O–H groups in total. The van der Waals surface area contributed by atoms with E-state index in [0.717, 1.165) is 21.5 Å². The van der Waals surface area contributed by atoms with E-state index in [1.807, 2.05) is 18.2 Å². The summed E-state index contributed by atoms with van der Waals surface area (Å²) in [5, 5.41) is 12.8. The lowest BCUT2D eigenvalue weighted by atomic mass is 10.1. The summed E-state index contributed by atoms with van der Waals surface area (Å²) in [6.45, 7) is 0. The Kier molecular flexibility index (Phi) is 3.38. The molecule has 2 aromatic rings. The molecular formula is C12H11BrN2O3. The molecule has 0 atom stereocenters. The fourth-order valence-electron chi connectivity index (χ4n) is 1.67. The molecule has 0 radical (unpaired) electrons. The van der Waals surface area contributed by atoms with Crippen LogP contribution in [0.15, 0.2) is 28.7 Å². The first-order valence-electron chi connectivity index (χ1n) is 5.14. The van der Waals surface area contributed by atoms with Crippen molar-refractivity contribution in [2.24, 2.45) is 7.05 Å². The maximum absolute atomic E-state index is 10.9. The number of carbonyl (C=O) groups is 1. The molecule has 0 unspecified atom stereocenters. The SMILES string of the molecule is COc1ccc(-c2cc(C(=O)O)nn2C)cc1Br. The lowest BCUT2D eigenvalue weighted by Gasteiger charge is -2.06. The van der Waals surface area contributed by atoms with Gasteiger partial charge in [0, 0.05) is 12.6 Å². The van der Waals surface area contributed by atoms with Gasteiger partial charge in [-0.05, 0) is 40.2 Å². The summed E-state index contributed by atoms with van der Waals surface area (Å²) in [5.41, 5.74) is 1.63. The maximum atomic E-state index is 10.9. The first-order valence-corrected chi connectivity index (χ1v) is 5.93. The van der Waals surface area contributed by atoms with Gasteiger partial charge in [-0.3, -0.25) is 4.68 Å². The standard InChI is InChI=1S/C12H11BrN2O3/c1-15-10(6-9(14-15)12(16)17)7-3-4-11(18-2)8(13)5-7/h3-6H,1-2H3,(H,16,17). The summed E-state index contributed by atoms with van der Waals surface area (Å²) in [5.74, 6) is -0.316. The van der Waals surface area contributed by atoms with Crippen LogP contribution in [0.4, 0.5) is 0 Å². The van der Waals surface area contributed by atoms with Crippen molar-refractivity contribution in [2.45, 2.75) is 0 Å². The third-order valence-electron chi connectivity index (χ3n) is 2.55. The van der Waals surface area contributed by atoms with Gasteiger partial charge >= 0.3 is 5.97 Å². The molecule has 0 saturated heterocycles. The molecule has 0 saturated carbocycles. The van der Waals surface area contributed by atoms with Crippen molar-refractivity contribution in [3.63, 3.8) is 0 Å². The highest BCUT2D eigenvalue weighted by Gasteiger charge is 2.13. The predicted octanol–water partition coefficient (Wildman–Crippen LogP) is 2.56. The van der Waals surface area contributed by atoms with E-state index in [1.165, 1.54) is 10.7 Å². The van der Waals surface area contributed by atoms with Crippen LogP contribution in [0, 0.1) is 0 Å². The minimum absolute atomic E-state index is 0.0273. The van der Waals surface area contributed by atoms with Crippen molar-refractivity contribution in [3.8, 4) is 17.0 Å². The van der Waals surface area contributed by atoms with Crippen LogP contribution in [0.25, 0.3) is 11.3 Å². The predicted molar refractivity (Wildman–Crippen MR) is 69.9 cm³/mol. The van der Waals surface area contributed by atoms with Crippen LogP contribution < -0.4 is 4.74 Å². The third kappa shape index (κ3) is 2.24. The smallest absolute Gasteiger partial charge is 0.356 e. The fraction of sp³-hybridized carbons (Fsp3) is 0.167. The summed E-state index contributed by atoms with van der Waals surface area (Å²) in [7, 11) is 3.30. The summed E-state index contributed by atoms with van der Waals surface area (Å²) < 4.78 is 7.49. The number of carboxylic acid groups (broad SMARTS) is 1. The maximum Gasteiger partial charge on any atom is 0.356 e. The highest BCUT2D eigenvalue weighted by molar-refractivity contribution is 9.10. The Morgan fingerprint density at radius 1 is 1.44 bits per heavy atom. The van der Waals surface area contributed by atoms with Crippen LogP contribution in [-0.4, -0.2) is 28.0 Å². The van der Waals surface area contributed by atoms with Gasteiger partial charge in [-0.25, -0.2) is 4.79 Å². The molecule has 5 nitrogen and oxygen atoms in total. The summed E-state index contributed by atoms with van der Waals surface area (Å²) in [6.07, 6.45) is 0. The quantitative estimate of drug-likeness (QED) is 0.946. The molecule has 0 spiro atoms. The topological polar surface area (TPSA) is 64.3 Å². The number of methoxy groups -OCH3 is 1. The number of ether oxygens (including phenoxy) is 1. The van der Waals surface area contributed by atoms with Crippen LogP contribution in [0.5, 0.6) is 5.75 Å². The van der Waals surface area contributed by atoms with E-state index in [1.54, 1.807) is 14.2 Å². The van der Waals surface area contributed by atoms with E-state index in [9.17, 15) is 4.79 Å². The van der Waals surface area contributed by atoms with Crippen molar-refractivity contribution in [3.05, 3.63) is 34.4 Å². The van der Waals surface area contributed by atoms with Crippen LogP contribution in [-0.2, 0) is 7.05 Å². The van der Waals surface area contributed by atoms with Crippen LogP contribution in [0.3, 0.4) is 0 Å². The second-order valence-corrected chi connectivity index (χ2v) is 4.55. The molecule has 1 aromatic heterocycles. The minimum Gasteiger partial charge on any atom is -0.496 e. The van der Waals surface area contributed by atoms with Crippen molar-refractivity contribution < 1.29 is 14.6 Å². The van der Waals surface area contributed by atoms with E-state index >= 15 is 0 Å². The van der Waals surface area contributed by atoms with E-state index in [-0.39, 0.29) is 5.69 Å². The lowest BCUT2D eigenvalue weighted by Crippen LogP contribution is -1.99. The van der Waals surface area contributed by atoms with Gasteiger partial charge in [0.1, 0.15) is 5.75 Å². The zero-order valence-electron chi connectivity index (χ0n) is 9.85. The van der Waals surface area contributed by atoms with Crippen LogP contribution in [0.2, 0.25) is 0 Å². The summed E-state index contributed by atoms with van der Waals surface area (Å²) >= 11 is 3.39. The molecule has 2 rings (SSSR count). The first kappa shape index (κ1) is 12.6. The Morgan fingerprint density at radius 2 is 2.17 bits per heavy atom. The number of aryl methyl sites for hydroxylation is 1. The lowest BCUT2D eigenvalue weighted by molar-refractivity contribution is 0.0689. The van der Waals surface area contributed by atoms with Crippen LogP contribution >= 0.6 is 15.9 Å². The number of carboxylic acids is 1. The van der Waals surface area contributed by atoms with E-state index in [0.29, 0.717) is 0 Å². The average molecular weight is 311 g/mol. The van der Waals surface area contributed by atoms with Crippen molar-refractivity contribution in [2.75, 3.05) is 7.11 Å². The van der Waals surface area contributed by atoms with E-state index in [2.05, 4.69) is 21.0 Å². The number of benzene rings is 1. The molecule has 0 aliphatic heterocycles. The number of aromatic carboxylic acids is 1. The number of hydrogen-bond acceptors (Lipinski definition) is 3. The highest BCUT2D eigenvalue weighted by atomic mass is 79.9. The largest absolute Gasteiger partial charge is 0.496 e.